The first kappa shape index (κ1) is 22.9. The smallest absolute Gasteiger partial charge is 0.234 e. The molecule has 166 valence electrons. The second kappa shape index (κ2) is 10.5. The summed E-state index contributed by atoms with van der Waals surface area (Å²) in [6, 6.07) is 30.6. The van der Waals surface area contributed by atoms with Crippen LogP contribution in [0.25, 0.3) is 22.3 Å². The van der Waals surface area contributed by atoms with Crippen LogP contribution in [0.15, 0.2) is 122 Å². The number of carbonyl (C=O) groups excluding carboxylic acids is 2. The van der Waals surface area contributed by atoms with E-state index in [1.54, 1.807) is 30.3 Å². The van der Waals surface area contributed by atoms with Gasteiger partial charge < -0.3 is 0 Å². The van der Waals surface area contributed by atoms with Crippen LogP contribution in [0.1, 0.15) is 31.8 Å². The summed E-state index contributed by atoms with van der Waals surface area (Å²) in [5.74, 6) is -1.02. The van der Waals surface area contributed by atoms with Gasteiger partial charge in [-0.05, 0) is 40.7 Å². The molecule has 0 aromatic heterocycles. The van der Waals surface area contributed by atoms with E-state index in [2.05, 4.69) is 37.4 Å². The summed E-state index contributed by atoms with van der Waals surface area (Å²) in [6.07, 6.45) is 5.30. The van der Waals surface area contributed by atoms with Gasteiger partial charge in [0.05, 0.1) is 0 Å². The zero-order chi connectivity index (χ0) is 23.9. The molecule has 0 saturated heterocycles. The van der Waals surface area contributed by atoms with E-state index in [4.69, 9.17) is 0 Å². The van der Waals surface area contributed by atoms with Crippen LogP contribution in [0.2, 0.25) is 0 Å². The Hall–Kier alpha value is -4.30. The van der Waals surface area contributed by atoms with E-state index in [1.165, 1.54) is 5.56 Å². The summed E-state index contributed by atoms with van der Waals surface area (Å²) in [7, 11) is 0. The molecule has 0 aliphatic rings. The van der Waals surface area contributed by atoms with Crippen LogP contribution in [0.5, 0.6) is 0 Å². The molecule has 0 fully saturated rings. The Morgan fingerprint density at radius 1 is 0.588 bits per heavy atom. The van der Waals surface area contributed by atoms with Gasteiger partial charge in [-0.25, -0.2) is 0 Å². The van der Waals surface area contributed by atoms with Crippen molar-refractivity contribution in [3.05, 3.63) is 145 Å². The van der Waals surface area contributed by atoms with Crippen LogP contribution >= 0.6 is 0 Å². The average molecular weight is 443 g/mol. The largest absolute Gasteiger partial charge is 0.285 e. The van der Waals surface area contributed by atoms with E-state index in [-0.39, 0.29) is 0 Å². The predicted octanol–water partition coefficient (Wildman–Crippen LogP) is 7.54. The van der Waals surface area contributed by atoms with Crippen molar-refractivity contribution >= 4 is 11.6 Å². The maximum atomic E-state index is 13.5. The van der Waals surface area contributed by atoms with Gasteiger partial charge in [0.1, 0.15) is 0 Å². The summed E-state index contributed by atoms with van der Waals surface area (Å²) in [4.78, 5) is 26.5. The lowest BCUT2D eigenvalue weighted by atomic mass is 9.86. The van der Waals surface area contributed by atoms with Crippen LogP contribution in [-0.4, -0.2) is 11.6 Å². The van der Waals surface area contributed by atoms with E-state index >= 15 is 0 Å². The quantitative estimate of drug-likeness (QED) is 0.152. The molecule has 0 N–H and O–H groups in total. The first-order valence-corrected chi connectivity index (χ1v) is 11.3. The van der Waals surface area contributed by atoms with Crippen LogP contribution in [0.3, 0.4) is 0 Å². The Labute approximate surface area is 200 Å². The lowest BCUT2D eigenvalue weighted by Crippen LogP contribution is -2.15. The Kier molecular flexibility index (Phi) is 7.10. The second-order valence-corrected chi connectivity index (χ2v) is 8.13. The summed E-state index contributed by atoms with van der Waals surface area (Å²) in [5, 5.41) is 0. The fourth-order valence-corrected chi connectivity index (χ4v) is 4.10. The van der Waals surface area contributed by atoms with E-state index in [9.17, 15) is 9.59 Å². The lowest BCUT2D eigenvalue weighted by Gasteiger charge is -2.16. The molecule has 0 heterocycles. The molecule has 0 saturated carbocycles. The molecule has 0 bridgehead atoms. The molecule has 0 aliphatic carbocycles. The highest BCUT2D eigenvalue weighted by Gasteiger charge is 2.24. The van der Waals surface area contributed by atoms with Gasteiger partial charge in [-0.1, -0.05) is 109 Å². The molecule has 4 aromatic carbocycles. The zero-order valence-corrected chi connectivity index (χ0v) is 19.0. The van der Waals surface area contributed by atoms with E-state index in [1.807, 2.05) is 54.6 Å². The monoisotopic (exact) mass is 442 g/mol. The lowest BCUT2D eigenvalue weighted by molar-refractivity contribution is 0.0817. The van der Waals surface area contributed by atoms with Gasteiger partial charge in [-0.3, -0.25) is 9.59 Å². The molecule has 0 amide bonds. The van der Waals surface area contributed by atoms with Crippen molar-refractivity contribution < 1.29 is 9.59 Å². The number of rotatable bonds is 9. The molecule has 2 nitrogen and oxygen atoms in total. The van der Waals surface area contributed by atoms with Gasteiger partial charge >= 0.3 is 0 Å². The number of ketones is 2. The second-order valence-electron chi connectivity index (χ2n) is 8.13. The number of allylic oxidation sites excluding steroid dienone is 2. The van der Waals surface area contributed by atoms with Crippen molar-refractivity contribution in [2.75, 3.05) is 0 Å². The Bertz CT molecular complexity index is 1330. The van der Waals surface area contributed by atoms with Crippen LogP contribution in [0, 0.1) is 0 Å². The van der Waals surface area contributed by atoms with Crippen LogP contribution in [-0.2, 0) is 12.8 Å². The molecule has 2 heteroatoms. The number of hydrogen-bond acceptors (Lipinski definition) is 2. The fourth-order valence-electron chi connectivity index (χ4n) is 4.10. The van der Waals surface area contributed by atoms with Gasteiger partial charge in [-0.15, -0.1) is 13.2 Å². The van der Waals surface area contributed by atoms with Crippen LogP contribution < -0.4 is 0 Å². The summed E-state index contributed by atoms with van der Waals surface area (Å²) in [6.45, 7) is 7.62. The summed E-state index contributed by atoms with van der Waals surface area (Å²) in [5.41, 5.74) is 6.64. The van der Waals surface area contributed by atoms with E-state index in [0.717, 1.165) is 40.7 Å². The normalized spacial score (nSPS) is 10.5. The van der Waals surface area contributed by atoms with Gasteiger partial charge in [0.2, 0.25) is 11.6 Å². The van der Waals surface area contributed by atoms with Crippen molar-refractivity contribution in [2.45, 2.75) is 12.8 Å². The minimum atomic E-state index is -0.513. The Balaban J connectivity index is 1.86. The number of benzene rings is 4. The maximum Gasteiger partial charge on any atom is 0.234 e. The number of carbonyl (C=O) groups is 2. The molecule has 0 atom stereocenters. The third-order valence-corrected chi connectivity index (χ3v) is 5.82. The molecule has 0 radical (unpaired) electrons. The fraction of sp³-hybridized carbons (Fsp3) is 0.0625. The van der Waals surface area contributed by atoms with Crippen molar-refractivity contribution in [3.63, 3.8) is 0 Å². The van der Waals surface area contributed by atoms with E-state index in [0.29, 0.717) is 11.1 Å². The first-order chi connectivity index (χ1) is 16.6. The minimum absolute atomic E-state index is 0.388. The molecule has 4 rings (SSSR count). The molecular formula is C32H26O2. The summed E-state index contributed by atoms with van der Waals surface area (Å²) < 4.78 is 0. The Morgan fingerprint density at radius 3 is 1.71 bits per heavy atom. The van der Waals surface area contributed by atoms with Gasteiger partial charge in [0.25, 0.3) is 0 Å². The average Bonchev–Trinajstić information content (AvgIpc) is 2.89. The molecule has 0 unspecified atom stereocenters. The molecule has 4 aromatic rings. The van der Waals surface area contributed by atoms with Crippen LogP contribution in [0.4, 0.5) is 0 Å². The molecule has 0 aliphatic heterocycles. The first-order valence-electron chi connectivity index (χ1n) is 11.3. The third-order valence-electron chi connectivity index (χ3n) is 5.82. The van der Waals surface area contributed by atoms with E-state index < -0.39 is 11.6 Å². The van der Waals surface area contributed by atoms with Crippen molar-refractivity contribution in [2.24, 2.45) is 0 Å². The zero-order valence-electron chi connectivity index (χ0n) is 19.0. The minimum Gasteiger partial charge on any atom is -0.285 e. The molecule has 0 spiro atoms. The highest BCUT2D eigenvalue weighted by Crippen LogP contribution is 2.36. The maximum absolute atomic E-state index is 13.5. The van der Waals surface area contributed by atoms with Gasteiger partial charge in [-0.2, -0.15) is 0 Å². The highest BCUT2D eigenvalue weighted by molar-refractivity contribution is 6.50. The molecule has 34 heavy (non-hydrogen) atoms. The Morgan fingerprint density at radius 2 is 1.15 bits per heavy atom. The number of Topliss-reactive ketones (excluding diaryl/α,β-unsaturated/α-hetero) is 2. The SMILES string of the molecule is C=CCc1ccc(-c2cccc(C(=O)C(=O)c3ccccc3)c2-c2ccc(CC=C)cc2)cc1. The van der Waals surface area contributed by atoms with Crippen molar-refractivity contribution in [1.29, 1.82) is 0 Å². The highest BCUT2D eigenvalue weighted by atomic mass is 16.2. The predicted molar refractivity (Wildman–Crippen MR) is 140 cm³/mol. The third kappa shape index (κ3) is 4.87. The van der Waals surface area contributed by atoms with Gasteiger partial charge in [0, 0.05) is 16.7 Å². The number of hydrogen-bond donors (Lipinski definition) is 0. The van der Waals surface area contributed by atoms with Gasteiger partial charge in [0.15, 0.2) is 0 Å². The van der Waals surface area contributed by atoms with Crippen molar-refractivity contribution in [1.82, 2.24) is 0 Å². The topological polar surface area (TPSA) is 34.1 Å². The molecular weight excluding hydrogens is 416 g/mol. The standard InChI is InChI=1S/C32H26O2/c1-3-9-23-15-19-25(20-16-23)28-13-8-14-29(32(34)31(33)27-11-6-5-7-12-27)30(28)26-21-17-24(10-4-2)18-22-26/h3-8,11-22H,1-2,9-10H2. The summed E-state index contributed by atoms with van der Waals surface area (Å²) >= 11 is 0. The van der Waals surface area contributed by atoms with Crippen molar-refractivity contribution in [3.8, 4) is 22.3 Å².